The number of methoxy groups -OCH3 is 1. The summed E-state index contributed by atoms with van der Waals surface area (Å²) in [5.41, 5.74) is 2.56. The second kappa shape index (κ2) is 8.07. The van der Waals surface area contributed by atoms with Gasteiger partial charge < -0.3 is 23.4 Å². The van der Waals surface area contributed by atoms with Crippen LogP contribution < -0.4 is 24.4 Å². The molecule has 0 N–H and O–H groups in total. The molecule has 3 aromatic carbocycles. The standard InChI is InChI=1S/C25H20O6/c1-27-18-5-2-16(3-6-18)14-30-19-7-8-20-23(13-19)31-15-21(25(20)26)17-4-9-22-24(12-17)29-11-10-28-22/h2-9,12-13,15H,10-11,14H2,1H3. The highest BCUT2D eigenvalue weighted by molar-refractivity contribution is 5.83. The van der Waals surface area contributed by atoms with E-state index in [0.717, 1.165) is 16.9 Å². The highest BCUT2D eigenvalue weighted by Crippen LogP contribution is 2.34. The summed E-state index contributed by atoms with van der Waals surface area (Å²) in [6, 6.07) is 18.3. The second-order valence-corrected chi connectivity index (χ2v) is 7.13. The Kier molecular flexibility index (Phi) is 4.96. The van der Waals surface area contributed by atoms with Crippen LogP contribution in [-0.2, 0) is 6.61 Å². The predicted octanol–water partition coefficient (Wildman–Crippen LogP) is 4.82. The van der Waals surface area contributed by atoms with E-state index in [9.17, 15) is 4.79 Å². The Morgan fingerprint density at radius 1 is 0.871 bits per heavy atom. The Bertz CT molecular complexity index is 1290. The van der Waals surface area contributed by atoms with Gasteiger partial charge in [-0.15, -0.1) is 0 Å². The van der Waals surface area contributed by atoms with Crippen LogP contribution in [0, 0.1) is 0 Å². The third kappa shape index (κ3) is 3.80. The first-order valence-corrected chi connectivity index (χ1v) is 9.92. The van der Waals surface area contributed by atoms with Crippen LogP contribution in [0.3, 0.4) is 0 Å². The first kappa shape index (κ1) is 19.1. The Balaban J connectivity index is 1.40. The van der Waals surface area contributed by atoms with Gasteiger partial charge in [-0.2, -0.15) is 0 Å². The third-order valence-corrected chi connectivity index (χ3v) is 5.16. The van der Waals surface area contributed by atoms with Gasteiger partial charge in [0.05, 0.1) is 18.1 Å². The maximum atomic E-state index is 13.1. The molecule has 1 aromatic heterocycles. The van der Waals surface area contributed by atoms with E-state index >= 15 is 0 Å². The first-order valence-electron chi connectivity index (χ1n) is 9.92. The summed E-state index contributed by atoms with van der Waals surface area (Å²) in [5, 5.41) is 0.490. The van der Waals surface area contributed by atoms with Crippen LogP contribution in [0.1, 0.15) is 5.56 Å². The molecule has 31 heavy (non-hydrogen) atoms. The van der Waals surface area contributed by atoms with Crippen LogP contribution in [0.15, 0.2) is 76.1 Å². The van der Waals surface area contributed by atoms with E-state index < -0.39 is 0 Å². The van der Waals surface area contributed by atoms with Crippen molar-refractivity contribution in [3.63, 3.8) is 0 Å². The van der Waals surface area contributed by atoms with Crippen molar-refractivity contribution in [1.82, 2.24) is 0 Å². The minimum absolute atomic E-state index is 0.111. The van der Waals surface area contributed by atoms with Crippen molar-refractivity contribution in [2.75, 3.05) is 20.3 Å². The van der Waals surface area contributed by atoms with Crippen LogP contribution in [0.5, 0.6) is 23.0 Å². The molecule has 0 radical (unpaired) electrons. The van der Waals surface area contributed by atoms with Crippen LogP contribution in [-0.4, -0.2) is 20.3 Å². The molecule has 0 unspecified atom stereocenters. The molecule has 0 aliphatic carbocycles. The lowest BCUT2D eigenvalue weighted by Gasteiger charge is -2.18. The molecule has 6 heteroatoms. The van der Waals surface area contributed by atoms with Gasteiger partial charge in [-0.1, -0.05) is 18.2 Å². The van der Waals surface area contributed by atoms with Crippen molar-refractivity contribution in [3.05, 3.63) is 82.7 Å². The molecule has 6 nitrogen and oxygen atoms in total. The second-order valence-electron chi connectivity index (χ2n) is 7.13. The normalized spacial score (nSPS) is 12.5. The Morgan fingerprint density at radius 3 is 2.45 bits per heavy atom. The fraction of sp³-hybridized carbons (Fsp3) is 0.160. The fourth-order valence-electron chi connectivity index (χ4n) is 3.50. The summed E-state index contributed by atoms with van der Waals surface area (Å²) in [7, 11) is 1.63. The number of hydrogen-bond acceptors (Lipinski definition) is 6. The topological polar surface area (TPSA) is 67.1 Å². The van der Waals surface area contributed by atoms with Gasteiger partial charge in [0, 0.05) is 6.07 Å². The summed E-state index contributed by atoms with van der Waals surface area (Å²) < 4.78 is 28.0. The summed E-state index contributed by atoms with van der Waals surface area (Å²) >= 11 is 0. The zero-order valence-electron chi connectivity index (χ0n) is 16.9. The van der Waals surface area contributed by atoms with Crippen molar-refractivity contribution < 1.29 is 23.4 Å². The van der Waals surface area contributed by atoms with Crippen molar-refractivity contribution in [2.45, 2.75) is 6.61 Å². The van der Waals surface area contributed by atoms with E-state index in [1.807, 2.05) is 36.4 Å². The average molecular weight is 416 g/mol. The summed E-state index contributed by atoms with van der Waals surface area (Å²) in [5.74, 6) is 2.73. The number of ether oxygens (including phenoxy) is 4. The van der Waals surface area contributed by atoms with Crippen molar-refractivity contribution in [2.24, 2.45) is 0 Å². The summed E-state index contributed by atoms with van der Waals surface area (Å²) in [6.45, 7) is 1.41. The van der Waals surface area contributed by atoms with E-state index in [1.54, 1.807) is 31.4 Å². The van der Waals surface area contributed by atoms with E-state index in [-0.39, 0.29) is 5.43 Å². The zero-order chi connectivity index (χ0) is 21.2. The monoisotopic (exact) mass is 416 g/mol. The summed E-state index contributed by atoms with van der Waals surface area (Å²) in [6.07, 6.45) is 1.48. The molecule has 0 bridgehead atoms. The molecule has 1 aliphatic heterocycles. The van der Waals surface area contributed by atoms with E-state index in [4.69, 9.17) is 23.4 Å². The van der Waals surface area contributed by atoms with Crippen molar-refractivity contribution in [3.8, 4) is 34.1 Å². The zero-order valence-corrected chi connectivity index (χ0v) is 16.9. The van der Waals surface area contributed by atoms with Gasteiger partial charge in [-0.25, -0.2) is 0 Å². The SMILES string of the molecule is COc1ccc(COc2ccc3c(=O)c(-c4ccc5c(c4)OCCO5)coc3c2)cc1. The number of fused-ring (bicyclic) bond motifs is 2. The third-order valence-electron chi connectivity index (χ3n) is 5.16. The lowest BCUT2D eigenvalue weighted by Crippen LogP contribution is -2.15. The van der Waals surface area contributed by atoms with Gasteiger partial charge >= 0.3 is 0 Å². The molecular weight excluding hydrogens is 396 g/mol. The minimum atomic E-state index is -0.111. The highest BCUT2D eigenvalue weighted by Gasteiger charge is 2.15. The molecular formula is C25H20O6. The van der Waals surface area contributed by atoms with Gasteiger partial charge in [-0.05, 0) is 47.5 Å². The van der Waals surface area contributed by atoms with Crippen molar-refractivity contribution >= 4 is 11.0 Å². The predicted molar refractivity (Wildman–Crippen MR) is 116 cm³/mol. The lowest BCUT2D eigenvalue weighted by atomic mass is 10.0. The molecule has 156 valence electrons. The molecule has 1 aliphatic rings. The Hall–Kier alpha value is -3.93. The molecule has 0 spiro atoms. The number of hydrogen-bond donors (Lipinski definition) is 0. The smallest absolute Gasteiger partial charge is 0.200 e. The molecule has 0 saturated carbocycles. The van der Waals surface area contributed by atoms with Gasteiger partial charge in [0.2, 0.25) is 0 Å². The van der Waals surface area contributed by atoms with E-state index in [0.29, 0.717) is 53.6 Å². The largest absolute Gasteiger partial charge is 0.497 e. The molecule has 2 heterocycles. The lowest BCUT2D eigenvalue weighted by molar-refractivity contribution is 0.171. The van der Waals surface area contributed by atoms with E-state index in [1.165, 1.54) is 6.26 Å². The quantitative estimate of drug-likeness (QED) is 0.465. The summed E-state index contributed by atoms with van der Waals surface area (Å²) in [4.78, 5) is 13.1. The molecule has 5 rings (SSSR count). The first-order chi connectivity index (χ1) is 15.2. The van der Waals surface area contributed by atoms with Crippen LogP contribution >= 0.6 is 0 Å². The van der Waals surface area contributed by atoms with Gasteiger partial charge in [0.15, 0.2) is 16.9 Å². The number of benzene rings is 3. The number of rotatable bonds is 5. The van der Waals surface area contributed by atoms with Crippen LogP contribution in [0.2, 0.25) is 0 Å². The van der Waals surface area contributed by atoms with Gasteiger partial charge in [0.25, 0.3) is 0 Å². The molecule has 0 amide bonds. The molecule has 4 aromatic rings. The van der Waals surface area contributed by atoms with Crippen molar-refractivity contribution in [1.29, 1.82) is 0 Å². The molecule has 0 saturated heterocycles. The Labute approximate surface area is 178 Å². The fourth-order valence-corrected chi connectivity index (χ4v) is 3.50. The maximum absolute atomic E-state index is 13.1. The van der Waals surface area contributed by atoms with Crippen LogP contribution in [0.4, 0.5) is 0 Å². The average Bonchev–Trinajstić information content (AvgIpc) is 2.83. The van der Waals surface area contributed by atoms with Gasteiger partial charge in [0.1, 0.15) is 43.2 Å². The Morgan fingerprint density at radius 2 is 1.65 bits per heavy atom. The van der Waals surface area contributed by atoms with Crippen LogP contribution in [0.25, 0.3) is 22.1 Å². The molecule has 0 atom stereocenters. The highest BCUT2D eigenvalue weighted by atomic mass is 16.6. The maximum Gasteiger partial charge on any atom is 0.200 e. The molecule has 0 fully saturated rings. The van der Waals surface area contributed by atoms with Gasteiger partial charge in [-0.3, -0.25) is 4.79 Å². The minimum Gasteiger partial charge on any atom is -0.497 e. The van der Waals surface area contributed by atoms with E-state index in [2.05, 4.69) is 0 Å².